The van der Waals surface area contributed by atoms with E-state index >= 15 is 0 Å². The Morgan fingerprint density at radius 2 is 0.923 bits per heavy atom. The van der Waals surface area contributed by atoms with Crippen molar-refractivity contribution < 1.29 is 9.47 Å². The normalized spacial score (nSPS) is 16.0. The predicted octanol–water partition coefficient (Wildman–Crippen LogP) is 6.45. The molecule has 0 amide bonds. The minimum Gasteiger partial charge on any atom is -0.367 e. The Labute approximate surface area is 159 Å². The van der Waals surface area contributed by atoms with Crippen molar-refractivity contribution in [2.24, 2.45) is 0 Å². The Bertz CT molecular complexity index is 552. The average Bonchev–Trinajstić information content (AvgIpc) is 2.69. The van der Waals surface area contributed by atoms with Crippen LogP contribution >= 0.6 is 0 Å². The Morgan fingerprint density at radius 1 is 0.577 bits per heavy atom. The lowest BCUT2D eigenvalue weighted by molar-refractivity contribution is -0.228. The van der Waals surface area contributed by atoms with Crippen molar-refractivity contribution in [1.29, 1.82) is 0 Å². The minimum atomic E-state index is -0.509. The van der Waals surface area contributed by atoms with Gasteiger partial charge in [0.05, 0.1) is 0 Å². The summed E-state index contributed by atoms with van der Waals surface area (Å²) in [6, 6.07) is 21.3. The first kappa shape index (κ1) is 20.7. The molecule has 0 N–H and O–H groups in total. The van der Waals surface area contributed by atoms with E-state index in [2.05, 4.69) is 88.4 Å². The van der Waals surface area contributed by atoms with Crippen LogP contribution in [0.25, 0.3) is 0 Å². The monoisotopic (exact) mass is 354 g/mol. The summed E-state index contributed by atoms with van der Waals surface area (Å²) >= 11 is 0. The van der Waals surface area contributed by atoms with Crippen LogP contribution in [0.3, 0.4) is 0 Å². The molecule has 2 aromatic rings. The SMILES string of the molecule is CCCC(OCC)(c1ccccc1)C(CCC)(OCC)c1ccccc1. The second kappa shape index (κ2) is 9.89. The summed E-state index contributed by atoms with van der Waals surface area (Å²) in [7, 11) is 0. The molecule has 2 heteroatoms. The van der Waals surface area contributed by atoms with Crippen LogP contribution in [0, 0.1) is 0 Å². The van der Waals surface area contributed by atoms with Crippen LogP contribution in [0.1, 0.15) is 64.5 Å². The smallest absolute Gasteiger partial charge is 0.126 e. The van der Waals surface area contributed by atoms with Gasteiger partial charge in [-0.05, 0) is 37.8 Å². The quantitative estimate of drug-likeness (QED) is 0.461. The average molecular weight is 355 g/mol. The number of hydrogen-bond donors (Lipinski definition) is 0. The number of rotatable bonds is 11. The third-order valence-corrected chi connectivity index (χ3v) is 5.12. The summed E-state index contributed by atoms with van der Waals surface area (Å²) < 4.78 is 13.3. The second-order valence-corrected chi connectivity index (χ2v) is 6.75. The third kappa shape index (κ3) is 3.87. The maximum absolute atomic E-state index is 6.66. The molecule has 142 valence electrons. The molecule has 0 spiro atoms. The first-order valence-corrected chi connectivity index (χ1v) is 10.1. The summed E-state index contributed by atoms with van der Waals surface area (Å²) in [4.78, 5) is 0. The molecule has 0 saturated carbocycles. The molecule has 0 radical (unpaired) electrons. The molecular weight excluding hydrogens is 320 g/mol. The van der Waals surface area contributed by atoms with Gasteiger partial charge >= 0.3 is 0 Å². The molecule has 0 aromatic heterocycles. The van der Waals surface area contributed by atoms with Crippen LogP contribution in [0.4, 0.5) is 0 Å². The van der Waals surface area contributed by atoms with Gasteiger partial charge in [0.15, 0.2) is 0 Å². The Morgan fingerprint density at radius 3 is 1.19 bits per heavy atom. The highest BCUT2D eigenvalue weighted by Crippen LogP contribution is 2.52. The topological polar surface area (TPSA) is 18.5 Å². The van der Waals surface area contributed by atoms with Gasteiger partial charge in [-0.1, -0.05) is 87.4 Å². The first-order valence-electron chi connectivity index (χ1n) is 10.1. The molecule has 2 aromatic carbocycles. The van der Waals surface area contributed by atoms with E-state index < -0.39 is 11.2 Å². The van der Waals surface area contributed by atoms with Gasteiger partial charge in [0, 0.05) is 13.2 Å². The van der Waals surface area contributed by atoms with Crippen LogP contribution in [-0.2, 0) is 20.7 Å². The summed E-state index contributed by atoms with van der Waals surface area (Å²) in [6.45, 7) is 9.93. The van der Waals surface area contributed by atoms with Crippen LogP contribution in [0.2, 0.25) is 0 Å². The standard InChI is InChI=1S/C24H34O2/c1-5-19-23(25-7-3,21-15-11-9-12-16-21)24(20-6-2,26-8-4)22-17-13-10-14-18-22/h9-18H,5-8,19-20H2,1-4H3. The Hall–Kier alpha value is -1.64. The lowest BCUT2D eigenvalue weighted by Crippen LogP contribution is -2.53. The van der Waals surface area contributed by atoms with E-state index in [0.29, 0.717) is 13.2 Å². The van der Waals surface area contributed by atoms with E-state index in [0.717, 1.165) is 25.7 Å². The van der Waals surface area contributed by atoms with E-state index in [1.165, 1.54) is 11.1 Å². The van der Waals surface area contributed by atoms with Gasteiger partial charge in [-0.3, -0.25) is 0 Å². The predicted molar refractivity (Wildman–Crippen MR) is 109 cm³/mol. The van der Waals surface area contributed by atoms with Crippen molar-refractivity contribution in [3.8, 4) is 0 Å². The highest BCUT2D eigenvalue weighted by Gasteiger charge is 2.54. The van der Waals surface area contributed by atoms with E-state index in [1.807, 2.05) is 0 Å². The molecule has 0 fully saturated rings. The highest BCUT2D eigenvalue weighted by molar-refractivity contribution is 5.35. The van der Waals surface area contributed by atoms with Gasteiger partial charge in [-0.2, -0.15) is 0 Å². The van der Waals surface area contributed by atoms with Gasteiger partial charge in [-0.15, -0.1) is 0 Å². The summed E-state index contributed by atoms with van der Waals surface area (Å²) in [5.41, 5.74) is 1.39. The fourth-order valence-electron chi connectivity index (χ4n) is 4.31. The number of benzene rings is 2. The van der Waals surface area contributed by atoms with Gasteiger partial charge in [0.2, 0.25) is 0 Å². The maximum Gasteiger partial charge on any atom is 0.126 e. The van der Waals surface area contributed by atoms with Crippen molar-refractivity contribution in [2.75, 3.05) is 13.2 Å². The van der Waals surface area contributed by atoms with E-state index in [9.17, 15) is 0 Å². The highest BCUT2D eigenvalue weighted by atomic mass is 16.6. The molecule has 2 atom stereocenters. The lowest BCUT2D eigenvalue weighted by Gasteiger charge is -2.51. The van der Waals surface area contributed by atoms with Crippen molar-refractivity contribution in [3.63, 3.8) is 0 Å². The molecule has 0 bridgehead atoms. The van der Waals surface area contributed by atoms with Gasteiger partial charge < -0.3 is 9.47 Å². The zero-order valence-electron chi connectivity index (χ0n) is 16.8. The van der Waals surface area contributed by atoms with Crippen molar-refractivity contribution >= 4 is 0 Å². The molecule has 0 heterocycles. The molecule has 26 heavy (non-hydrogen) atoms. The van der Waals surface area contributed by atoms with E-state index in [4.69, 9.17) is 9.47 Å². The largest absolute Gasteiger partial charge is 0.367 e. The molecule has 2 rings (SSSR count). The van der Waals surface area contributed by atoms with Gasteiger partial charge in [0.25, 0.3) is 0 Å². The second-order valence-electron chi connectivity index (χ2n) is 6.75. The van der Waals surface area contributed by atoms with Crippen molar-refractivity contribution in [2.45, 2.75) is 64.6 Å². The van der Waals surface area contributed by atoms with Crippen LogP contribution in [0.5, 0.6) is 0 Å². The zero-order chi connectivity index (χ0) is 18.9. The fourth-order valence-corrected chi connectivity index (χ4v) is 4.31. The van der Waals surface area contributed by atoms with Crippen LogP contribution < -0.4 is 0 Å². The summed E-state index contributed by atoms with van der Waals surface area (Å²) in [5, 5.41) is 0. The molecule has 0 saturated heterocycles. The van der Waals surface area contributed by atoms with Crippen molar-refractivity contribution in [3.05, 3.63) is 71.8 Å². The molecule has 2 nitrogen and oxygen atoms in total. The zero-order valence-corrected chi connectivity index (χ0v) is 16.8. The summed E-state index contributed by atoms with van der Waals surface area (Å²) in [6.07, 6.45) is 3.89. The maximum atomic E-state index is 6.66. The molecule has 0 aliphatic carbocycles. The molecule has 0 aliphatic rings. The number of ether oxygens (including phenoxy) is 2. The Kier molecular flexibility index (Phi) is 7.86. The van der Waals surface area contributed by atoms with E-state index in [-0.39, 0.29) is 0 Å². The van der Waals surface area contributed by atoms with Gasteiger partial charge in [-0.25, -0.2) is 0 Å². The molecule has 0 aliphatic heterocycles. The summed E-state index contributed by atoms with van der Waals surface area (Å²) in [5.74, 6) is 0. The van der Waals surface area contributed by atoms with Crippen LogP contribution in [-0.4, -0.2) is 13.2 Å². The fraction of sp³-hybridized carbons (Fsp3) is 0.500. The molecular formula is C24H34O2. The van der Waals surface area contributed by atoms with Crippen molar-refractivity contribution in [1.82, 2.24) is 0 Å². The molecule has 2 unspecified atom stereocenters. The number of hydrogen-bond acceptors (Lipinski definition) is 2. The van der Waals surface area contributed by atoms with E-state index in [1.54, 1.807) is 0 Å². The minimum absolute atomic E-state index is 0.509. The lowest BCUT2D eigenvalue weighted by atomic mass is 9.68. The third-order valence-electron chi connectivity index (χ3n) is 5.12. The Balaban J connectivity index is 2.79. The van der Waals surface area contributed by atoms with Gasteiger partial charge in [0.1, 0.15) is 11.2 Å². The first-order chi connectivity index (χ1) is 12.7. The van der Waals surface area contributed by atoms with Crippen LogP contribution in [0.15, 0.2) is 60.7 Å².